The van der Waals surface area contributed by atoms with Crippen molar-refractivity contribution < 1.29 is 27.4 Å². The molecular formula is C13H23NO6S. The maximum Gasteiger partial charge on any atom is 0.277 e. The summed E-state index contributed by atoms with van der Waals surface area (Å²) in [6, 6.07) is 0. The van der Waals surface area contributed by atoms with Crippen molar-refractivity contribution in [3.8, 4) is 0 Å². The molecule has 1 N–H and O–H groups in total. The topological polar surface area (TPSA) is 101 Å². The van der Waals surface area contributed by atoms with Crippen LogP contribution in [-0.4, -0.2) is 41.7 Å². The zero-order valence-electron chi connectivity index (χ0n) is 12.3. The molecule has 8 heteroatoms. The Morgan fingerprint density at radius 2 is 1.71 bits per heavy atom. The first kappa shape index (κ1) is 18.1. The monoisotopic (exact) mass is 321 g/mol. The van der Waals surface area contributed by atoms with E-state index in [4.69, 9.17) is 9.39 Å². The summed E-state index contributed by atoms with van der Waals surface area (Å²) in [6.07, 6.45) is 6.91. The molecule has 1 saturated heterocycles. The van der Waals surface area contributed by atoms with Crippen LogP contribution in [0.5, 0.6) is 0 Å². The molecule has 0 bridgehead atoms. The number of nitrogens with zero attached hydrogens (tertiary/aromatic N) is 1. The van der Waals surface area contributed by atoms with E-state index in [2.05, 4.69) is 6.92 Å². The van der Waals surface area contributed by atoms with Crippen LogP contribution in [0.1, 0.15) is 58.3 Å². The van der Waals surface area contributed by atoms with Gasteiger partial charge in [-0.2, -0.15) is 13.5 Å². The maximum absolute atomic E-state index is 11.6. The van der Waals surface area contributed by atoms with E-state index in [1.165, 1.54) is 19.3 Å². The summed E-state index contributed by atoms with van der Waals surface area (Å²) in [5.41, 5.74) is 0. The third-order valence-corrected chi connectivity index (χ3v) is 4.48. The average molecular weight is 321 g/mol. The molecular weight excluding hydrogens is 298 g/mol. The summed E-state index contributed by atoms with van der Waals surface area (Å²) in [6.45, 7) is 2.33. The first-order valence-electron chi connectivity index (χ1n) is 7.34. The summed E-state index contributed by atoms with van der Waals surface area (Å²) in [4.78, 5) is 28.2. The standard InChI is InChI=1S/C13H23NO6S/c1-2-3-4-5-6-7-8-9-20-14-12(15)10-11(13(14)16)21(17,18)19/h11H,2-10H2,1H3,(H,17,18,19). The summed E-state index contributed by atoms with van der Waals surface area (Å²) in [5.74, 6) is -1.74. The Morgan fingerprint density at radius 1 is 1.14 bits per heavy atom. The first-order valence-corrected chi connectivity index (χ1v) is 8.84. The van der Waals surface area contributed by atoms with Gasteiger partial charge in [0, 0.05) is 0 Å². The first-order chi connectivity index (χ1) is 9.88. The molecule has 0 aromatic rings. The lowest BCUT2D eigenvalue weighted by atomic mass is 10.1. The molecule has 0 aromatic carbocycles. The van der Waals surface area contributed by atoms with Gasteiger partial charge in [-0.25, -0.2) is 0 Å². The van der Waals surface area contributed by atoms with E-state index in [0.29, 0.717) is 11.5 Å². The van der Waals surface area contributed by atoms with Crippen LogP contribution >= 0.6 is 0 Å². The molecule has 0 spiro atoms. The molecule has 1 unspecified atom stereocenters. The number of carbonyl (C=O) groups excluding carboxylic acids is 2. The second-order valence-electron chi connectivity index (χ2n) is 5.19. The molecule has 122 valence electrons. The van der Waals surface area contributed by atoms with Gasteiger partial charge < -0.3 is 0 Å². The number of hydrogen-bond donors (Lipinski definition) is 1. The van der Waals surface area contributed by atoms with E-state index in [0.717, 1.165) is 19.3 Å². The van der Waals surface area contributed by atoms with Gasteiger partial charge in [-0.3, -0.25) is 19.0 Å². The number of imide groups is 1. The minimum Gasteiger partial charge on any atom is -0.285 e. The zero-order valence-corrected chi connectivity index (χ0v) is 13.1. The number of rotatable bonds is 10. The van der Waals surface area contributed by atoms with Gasteiger partial charge in [-0.1, -0.05) is 45.4 Å². The van der Waals surface area contributed by atoms with Crippen LogP contribution in [0, 0.1) is 0 Å². The van der Waals surface area contributed by atoms with Crippen molar-refractivity contribution >= 4 is 21.9 Å². The van der Waals surface area contributed by atoms with E-state index < -0.39 is 33.6 Å². The lowest BCUT2D eigenvalue weighted by Gasteiger charge is -2.13. The van der Waals surface area contributed by atoms with Crippen molar-refractivity contribution in [1.29, 1.82) is 0 Å². The van der Waals surface area contributed by atoms with Crippen molar-refractivity contribution in [3.63, 3.8) is 0 Å². The molecule has 0 aliphatic carbocycles. The second kappa shape index (κ2) is 8.45. The summed E-state index contributed by atoms with van der Waals surface area (Å²) < 4.78 is 30.7. The number of unbranched alkanes of at least 4 members (excludes halogenated alkanes) is 6. The Morgan fingerprint density at radius 3 is 2.24 bits per heavy atom. The second-order valence-corrected chi connectivity index (χ2v) is 6.79. The van der Waals surface area contributed by atoms with Gasteiger partial charge in [0.15, 0.2) is 5.25 Å². The minimum atomic E-state index is -4.56. The fourth-order valence-corrected chi connectivity index (χ4v) is 2.87. The van der Waals surface area contributed by atoms with Crippen LogP contribution in [0.4, 0.5) is 0 Å². The van der Waals surface area contributed by atoms with Gasteiger partial charge in [0.25, 0.3) is 21.9 Å². The van der Waals surface area contributed by atoms with Crippen LogP contribution in [0.25, 0.3) is 0 Å². The van der Waals surface area contributed by atoms with E-state index in [-0.39, 0.29) is 6.61 Å². The normalized spacial score (nSPS) is 19.5. The molecule has 0 saturated carbocycles. The Balaban J connectivity index is 2.24. The van der Waals surface area contributed by atoms with Gasteiger partial charge in [-0.15, -0.1) is 0 Å². The Bertz CT molecular complexity index is 461. The Hall–Kier alpha value is -0.990. The molecule has 2 amide bonds. The van der Waals surface area contributed by atoms with Gasteiger partial charge >= 0.3 is 0 Å². The number of carbonyl (C=O) groups is 2. The SMILES string of the molecule is CCCCCCCCCON1C(=O)CC(S(=O)(=O)O)C1=O. The zero-order chi connectivity index (χ0) is 15.9. The molecule has 1 fully saturated rings. The van der Waals surface area contributed by atoms with E-state index >= 15 is 0 Å². The van der Waals surface area contributed by atoms with E-state index in [1.54, 1.807) is 0 Å². The molecule has 1 atom stereocenters. The highest BCUT2D eigenvalue weighted by Crippen LogP contribution is 2.19. The Labute approximate surface area is 125 Å². The van der Waals surface area contributed by atoms with Crippen LogP contribution < -0.4 is 0 Å². The number of amides is 2. The van der Waals surface area contributed by atoms with E-state index in [9.17, 15) is 18.0 Å². The van der Waals surface area contributed by atoms with Crippen LogP contribution in [-0.2, 0) is 24.5 Å². The third kappa shape index (κ3) is 5.72. The van der Waals surface area contributed by atoms with Crippen molar-refractivity contribution in [2.24, 2.45) is 0 Å². The molecule has 1 heterocycles. The largest absolute Gasteiger partial charge is 0.285 e. The van der Waals surface area contributed by atoms with Gasteiger partial charge in [0.1, 0.15) is 0 Å². The third-order valence-electron chi connectivity index (χ3n) is 3.39. The van der Waals surface area contributed by atoms with Crippen molar-refractivity contribution in [3.05, 3.63) is 0 Å². The molecule has 1 rings (SSSR count). The number of hydroxylamine groups is 2. The molecule has 0 aromatic heterocycles. The van der Waals surface area contributed by atoms with Gasteiger partial charge in [-0.05, 0) is 6.42 Å². The summed E-state index contributed by atoms with van der Waals surface area (Å²) >= 11 is 0. The molecule has 1 aliphatic rings. The average Bonchev–Trinajstić information content (AvgIpc) is 2.69. The van der Waals surface area contributed by atoms with Crippen molar-refractivity contribution in [2.75, 3.05) is 6.61 Å². The lowest BCUT2D eigenvalue weighted by Crippen LogP contribution is -2.35. The predicted molar refractivity (Wildman–Crippen MR) is 75.8 cm³/mol. The van der Waals surface area contributed by atoms with Gasteiger partial charge in [0.05, 0.1) is 13.0 Å². The van der Waals surface area contributed by atoms with Crippen LogP contribution in [0.15, 0.2) is 0 Å². The van der Waals surface area contributed by atoms with Crippen molar-refractivity contribution in [1.82, 2.24) is 5.06 Å². The van der Waals surface area contributed by atoms with Crippen LogP contribution in [0.2, 0.25) is 0 Å². The quantitative estimate of drug-likeness (QED) is 0.373. The fourth-order valence-electron chi connectivity index (χ4n) is 2.17. The fraction of sp³-hybridized carbons (Fsp3) is 0.846. The number of hydrogen-bond acceptors (Lipinski definition) is 5. The van der Waals surface area contributed by atoms with Gasteiger partial charge in [0.2, 0.25) is 0 Å². The molecule has 1 aliphatic heterocycles. The lowest BCUT2D eigenvalue weighted by molar-refractivity contribution is -0.187. The van der Waals surface area contributed by atoms with E-state index in [1.807, 2.05) is 0 Å². The summed E-state index contributed by atoms with van der Waals surface area (Å²) in [5, 5.41) is -1.26. The molecule has 0 radical (unpaired) electrons. The molecule has 7 nitrogen and oxygen atoms in total. The molecule has 21 heavy (non-hydrogen) atoms. The van der Waals surface area contributed by atoms with Crippen molar-refractivity contribution in [2.45, 2.75) is 63.5 Å². The van der Waals surface area contributed by atoms with Crippen LogP contribution in [0.3, 0.4) is 0 Å². The highest BCUT2D eigenvalue weighted by atomic mass is 32.2. The summed E-state index contributed by atoms with van der Waals surface area (Å²) in [7, 11) is -4.56. The minimum absolute atomic E-state index is 0.184. The maximum atomic E-state index is 11.6. The Kier molecular flexibility index (Phi) is 7.27. The highest BCUT2D eigenvalue weighted by molar-refractivity contribution is 7.87. The smallest absolute Gasteiger partial charge is 0.277 e. The highest BCUT2D eigenvalue weighted by Gasteiger charge is 2.46. The predicted octanol–water partition coefficient (Wildman–Crippen LogP) is 1.68.